The number of hydrogen-bond donors (Lipinski definition) is 17. The fourth-order valence-corrected chi connectivity index (χ4v) is 9.36. The van der Waals surface area contributed by atoms with Gasteiger partial charge in [0.25, 0.3) is 0 Å². The van der Waals surface area contributed by atoms with Crippen molar-refractivity contribution in [1.82, 2.24) is 52.3 Å². The molecular formula is C52H85N13O21. The molecule has 0 unspecified atom stereocenters. The first-order valence-corrected chi connectivity index (χ1v) is 28.3. The smallest absolute Gasteiger partial charge is 0.326 e. The van der Waals surface area contributed by atoms with Gasteiger partial charge in [-0.25, -0.2) is 4.79 Å². The average Bonchev–Trinajstić information content (AvgIpc) is 4.20. The summed E-state index contributed by atoms with van der Waals surface area (Å²) in [7, 11) is 0. The summed E-state index contributed by atoms with van der Waals surface area (Å²) in [5.41, 5.74) is 16.3. The topological polar surface area (TPSA) is 558 Å². The Kier molecular flexibility index (Phi) is 31.6. The largest absolute Gasteiger partial charge is 0.481 e. The number of amides is 11. The van der Waals surface area contributed by atoms with Crippen molar-refractivity contribution in [2.45, 2.75) is 190 Å². The lowest BCUT2D eigenvalue weighted by Gasteiger charge is -2.33. The number of primary amides is 1. The Bertz CT molecular complexity index is 2450. The van der Waals surface area contributed by atoms with Gasteiger partial charge in [-0.15, -0.1) is 0 Å². The summed E-state index contributed by atoms with van der Waals surface area (Å²) in [5, 5.41) is 76.2. The number of nitrogens with zero attached hydrogens (tertiary/aromatic N) is 2. The van der Waals surface area contributed by atoms with E-state index in [0.717, 1.165) is 4.90 Å². The molecule has 0 saturated carbocycles. The average molecular weight is 1230 g/mol. The van der Waals surface area contributed by atoms with E-state index in [0.29, 0.717) is 12.8 Å². The molecule has 34 heteroatoms. The molecule has 12 atom stereocenters. The highest BCUT2D eigenvalue weighted by molar-refractivity contribution is 6.00. The first-order chi connectivity index (χ1) is 40.4. The molecule has 86 heavy (non-hydrogen) atoms. The van der Waals surface area contributed by atoms with Gasteiger partial charge in [-0.3, -0.25) is 67.1 Å². The number of carboxylic acids is 4. The fourth-order valence-electron chi connectivity index (χ4n) is 9.36. The number of carboxylic acid groups (broad SMARTS) is 4. The number of likely N-dealkylation sites (tertiary alicyclic amines) is 2. The van der Waals surface area contributed by atoms with Crippen LogP contribution in [-0.2, 0) is 71.9 Å². The zero-order chi connectivity index (χ0) is 65.1. The summed E-state index contributed by atoms with van der Waals surface area (Å²) in [6, 6.07) is -17.1. The number of nitrogens with two attached hydrogens (primary N) is 3. The van der Waals surface area contributed by atoms with Crippen molar-refractivity contribution in [1.29, 1.82) is 0 Å². The van der Waals surface area contributed by atoms with E-state index in [1.165, 1.54) is 11.8 Å². The second-order valence-corrected chi connectivity index (χ2v) is 21.4. The van der Waals surface area contributed by atoms with Crippen LogP contribution in [0.1, 0.15) is 124 Å². The Hall–Kier alpha value is -8.11. The standard InChI is InChI=1S/C52H85N13O21/c1-5-26(4)41(63-45(78)32(22-39(73)74)60-44(77)29(14-17-37(69)70)56-46(79)33(24-67)61-42(75)27(54)23-66)49(82)57-28(10-6-7-19-53)43(76)58-30(15-18-38(71)72)50(83)64-20-8-12-35(64)48(81)62-40(25(2)3)51(84)65-21-9-11-34(65)47(80)59-31(52(85)86)13-16-36(55)68/h25-35,40-41,66-67H,5-24,53-54H2,1-4H3,(H2,55,68)(H,56,79)(H,57,82)(H,58,76)(H,59,80)(H,60,77)(H,61,75)(H,62,81)(H,63,78)(H,69,70)(H,71,72)(H,73,74)(H,85,86)/t26-,27-,28-,29-,30-,31-,32-,33-,34-,35-,40-,41-/m0/s1. The van der Waals surface area contributed by atoms with Gasteiger partial charge in [0.1, 0.15) is 66.5 Å². The molecule has 34 nitrogen and oxygen atoms in total. The SMILES string of the molecule is CC[C@H](C)[C@H](NC(=O)[C@H](CC(=O)O)NC(=O)[C@H](CCC(=O)O)NC(=O)[C@H](CO)NC(=O)[C@@H](N)CO)C(=O)N[C@@H](CCCCN)C(=O)N[C@@H](CCC(=O)O)C(=O)N1CCC[C@H]1C(=O)N[C@H](C(=O)N1CCC[C@H]1C(=O)N[C@@H](CCC(N)=O)C(=O)O)C(C)C. The van der Waals surface area contributed by atoms with E-state index < -0.39 is 212 Å². The van der Waals surface area contributed by atoms with Crippen molar-refractivity contribution in [2.24, 2.45) is 29.0 Å². The van der Waals surface area contributed by atoms with Crippen LogP contribution in [-0.4, -0.2) is 229 Å². The Morgan fingerprint density at radius 2 is 0.965 bits per heavy atom. The molecule has 2 rings (SSSR count). The molecule has 484 valence electrons. The van der Waals surface area contributed by atoms with E-state index >= 15 is 0 Å². The molecular weight excluding hydrogens is 1140 g/mol. The number of hydrogen-bond acceptors (Lipinski definition) is 19. The molecule has 0 aromatic heterocycles. The third kappa shape index (κ3) is 23.7. The number of aliphatic carboxylic acids is 4. The third-order valence-electron chi connectivity index (χ3n) is 14.5. The van der Waals surface area contributed by atoms with Gasteiger partial charge in [-0.2, -0.15) is 0 Å². The molecule has 2 aliphatic rings. The minimum atomic E-state index is -2.03. The lowest BCUT2D eigenvalue weighted by molar-refractivity contribution is -0.146. The Morgan fingerprint density at radius 1 is 0.500 bits per heavy atom. The van der Waals surface area contributed by atoms with E-state index in [9.17, 15) is 103 Å². The molecule has 0 spiro atoms. The molecule has 0 radical (unpaired) electrons. The van der Waals surface area contributed by atoms with Crippen molar-refractivity contribution < 1.29 is 103 Å². The second kappa shape index (κ2) is 36.7. The maximum Gasteiger partial charge on any atom is 0.326 e. The van der Waals surface area contributed by atoms with Gasteiger partial charge in [0.2, 0.25) is 65.0 Å². The molecule has 2 saturated heterocycles. The third-order valence-corrected chi connectivity index (χ3v) is 14.5. The fraction of sp³-hybridized carbons (Fsp3) is 0.712. The molecule has 20 N–H and O–H groups in total. The van der Waals surface area contributed by atoms with Crippen molar-refractivity contribution in [3.8, 4) is 0 Å². The van der Waals surface area contributed by atoms with E-state index in [2.05, 4.69) is 37.2 Å². The molecule has 0 aromatic carbocycles. The Labute approximate surface area is 494 Å². The van der Waals surface area contributed by atoms with Crippen LogP contribution in [0, 0.1) is 11.8 Å². The molecule has 2 aliphatic heterocycles. The van der Waals surface area contributed by atoms with Crippen LogP contribution < -0.4 is 59.7 Å². The summed E-state index contributed by atoms with van der Waals surface area (Å²) in [6.45, 7) is 4.54. The van der Waals surface area contributed by atoms with Crippen LogP contribution in [0.2, 0.25) is 0 Å². The molecule has 2 heterocycles. The Balaban J connectivity index is 2.43. The number of nitrogens with one attached hydrogen (secondary N) is 8. The summed E-state index contributed by atoms with van der Waals surface area (Å²) < 4.78 is 0. The van der Waals surface area contributed by atoms with Gasteiger partial charge in [-0.05, 0) is 82.6 Å². The minimum absolute atomic E-state index is 0.0563. The van der Waals surface area contributed by atoms with Gasteiger partial charge in [0, 0.05) is 32.4 Å². The number of unbranched alkanes of at least 4 members (excludes halogenated alkanes) is 1. The van der Waals surface area contributed by atoms with Crippen LogP contribution in [0.3, 0.4) is 0 Å². The maximum absolute atomic E-state index is 14.5. The molecule has 0 aromatic rings. The lowest BCUT2D eigenvalue weighted by atomic mass is 9.96. The van der Waals surface area contributed by atoms with Gasteiger partial charge in [0.05, 0.1) is 19.6 Å². The summed E-state index contributed by atoms with van der Waals surface area (Å²) >= 11 is 0. The van der Waals surface area contributed by atoms with Crippen LogP contribution in [0.5, 0.6) is 0 Å². The quantitative estimate of drug-likeness (QED) is 0.0255. The number of aliphatic hydroxyl groups excluding tert-OH is 2. The summed E-state index contributed by atoms with van der Waals surface area (Å²) in [4.78, 5) is 199. The number of carbonyl (C=O) groups is 15. The normalized spacial score (nSPS) is 18.2. The van der Waals surface area contributed by atoms with E-state index in [4.69, 9.17) is 17.2 Å². The molecule has 11 amide bonds. The first-order valence-electron chi connectivity index (χ1n) is 28.3. The van der Waals surface area contributed by atoms with Crippen LogP contribution in [0.15, 0.2) is 0 Å². The summed E-state index contributed by atoms with van der Waals surface area (Å²) in [5.74, 6) is -18.3. The number of aliphatic hydroxyl groups is 2. The summed E-state index contributed by atoms with van der Waals surface area (Å²) in [6.07, 6.45) is -3.16. The van der Waals surface area contributed by atoms with Crippen molar-refractivity contribution >= 4 is 88.9 Å². The van der Waals surface area contributed by atoms with Crippen molar-refractivity contribution in [3.63, 3.8) is 0 Å². The number of rotatable bonds is 39. The van der Waals surface area contributed by atoms with Crippen LogP contribution in [0.25, 0.3) is 0 Å². The van der Waals surface area contributed by atoms with E-state index in [1.807, 2.05) is 5.32 Å². The van der Waals surface area contributed by atoms with E-state index in [-0.39, 0.29) is 71.0 Å². The van der Waals surface area contributed by atoms with Crippen molar-refractivity contribution in [2.75, 3.05) is 32.8 Å². The van der Waals surface area contributed by atoms with Gasteiger partial charge in [-0.1, -0.05) is 34.1 Å². The second-order valence-electron chi connectivity index (χ2n) is 21.4. The van der Waals surface area contributed by atoms with E-state index in [1.54, 1.807) is 20.8 Å². The predicted molar refractivity (Wildman–Crippen MR) is 296 cm³/mol. The predicted octanol–water partition coefficient (Wildman–Crippen LogP) is -6.46. The van der Waals surface area contributed by atoms with Crippen LogP contribution in [0.4, 0.5) is 0 Å². The molecule has 2 fully saturated rings. The monoisotopic (exact) mass is 1230 g/mol. The Morgan fingerprint density at radius 3 is 1.45 bits per heavy atom. The first kappa shape index (κ1) is 74.0. The number of carbonyl (C=O) groups excluding carboxylic acids is 11. The van der Waals surface area contributed by atoms with Crippen LogP contribution >= 0.6 is 0 Å². The minimum Gasteiger partial charge on any atom is -0.481 e. The zero-order valence-corrected chi connectivity index (χ0v) is 48.6. The van der Waals surface area contributed by atoms with Gasteiger partial charge in [0.15, 0.2) is 0 Å². The van der Waals surface area contributed by atoms with Crippen molar-refractivity contribution in [3.05, 3.63) is 0 Å². The molecule has 0 aliphatic carbocycles. The lowest BCUT2D eigenvalue weighted by Crippen LogP contribution is -2.61. The highest BCUT2D eigenvalue weighted by atomic mass is 16.4. The molecule has 0 bridgehead atoms. The zero-order valence-electron chi connectivity index (χ0n) is 48.6. The van der Waals surface area contributed by atoms with Gasteiger partial charge < -0.3 is 100 Å². The maximum atomic E-state index is 14.5. The highest BCUT2D eigenvalue weighted by Gasteiger charge is 2.44. The van der Waals surface area contributed by atoms with Gasteiger partial charge >= 0.3 is 23.9 Å². The highest BCUT2D eigenvalue weighted by Crippen LogP contribution is 2.24.